The van der Waals surface area contributed by atoms with E-state index < -0.39 is 6.04 Å². The Morgan fingerprint density at radius 2 is 2.12 bits per heavy atom. The van der Waals surface area contributed by atoms with Crippen LogP contribution in [-0.2, 0) is 4.79 Å². The molecule has 0 fully saturated rings. The minimum Gasteiger partial charge on any atom is -0.316 e. The Labute approximate surface area is 111 Å². The molecule has 0 aliphatic carbocycles. The average Bonchev–Trinajstić information content (AvgIpc) is 2.75. The summed E-state index contributed by atoms with van der Waals surface area (Å²) in [6.07, 6.45) is 1.63. The van der Waals surface area contributed by atoms with Gasteiger partial charge in [-0.3, -0.25) is 4.79 Å². The van der Waals surface area contributed by atoms with Crippen LogP contribution in [0.4, 0.5) is 5.13 Å². The lowest BCUT2D eigenvalue weighted by molar-refractivity contribution is -0.117. The van der Waals surface area contributed by atoms with E-state index in [1.54, 1.807) is 6.20 Å². The summed E-state index contributed by atoms with van der Waals surface area (Å²) >= 11 is 4.62. The number of amides is 1. The molecule has 0 bridgehead atoms. The highest BCUT2D eigenvalue weighted by atomic mass is 79.9. The van der Waals surface area contributed by atoms with Crippen LogP contribution in [0.3, 0.4) is 0 Å². The van der Waals surface area contributed by atoms with Gasteiger partial charge in [0.1, 0.15) is 6.04 Å². The number of nitrogens with zero attached hydrogens (tertiary/aromatic N) is 1. The van der Waals surface area contributed by atoms with E-state index in [4.69, 9.17) is 5.73 Å². The lowest BCUT2D eigenvalue weighted by atomic mass is 10.1. The second-order valence-corrected chi connectivity index (χ2v) is 5.76. The number of hydrogen-bond acceptors (Lipinski definition) is 4. The highest BCUT2D eigenvalue weighted by Gasteiger charge is 2.16. The van der Waals surface area contributed by atoms with Crippen molar-refractivity contribution >= 4 is 38.3 Å². The van der Waals surface area contributed by atoms with Crippen molar-refractivity contribution in [3.8, 4) is 0 Å². The first kappa shape index (κ1) is 12.2. The Morgan fingerprint density at radius 3 is 2.71 bits per heavy atom. The van der Waals surface area contributed by atoms with Crippen molar-refractivity contribution in [3.63, 3.8) is 0 Å². The molecule has 17 heavy (non-hydrogen) atoms. The number of carbonyl (C=O) groups excluding carboxylic acids is 1. The third kappa shape index (κ3) is 3.12. The maximum absolute atomic E-state index is 11.8. The first-order valence-electron chi connectivity index (χ1n) is 4.89. The van der Waals surface area contributed by atoms with Gasteiger partial charge in [0.05, 0.1) is 9.98 Å². The summed E-state index contributed by atoms with van der Waals surface area (Å²) in [5, 5.41) is 3.21. The van der Waals surface area contributed by atoms with E-state index in [0.29, 0.717) is 5.13 Å². The molecule has 3 N–H and O–H groups in total. The number of thiazole rings is 1. The smallest absolute Gasteiger partial charge is 0.247 e. The zero-order chi connectivity index (χ0) is 12.3. The van der Waals surface area contributed by atoms with Gasteiger partial charge in [0.25, 0.3) is 0 Å². The molecule has 2 rings (SSSR count). The van der Waals surface area contributed by atoms with Crippen molar-refractivity contribution in [2.24, 2.45) is 5.73 Å². The molecular formula is C11H10BrN3OS. The largest absolute Gasteiger partial charge is 0.316 e. The van der Waals surface area contributed by atoms with Gasteiger partial charge in [-0.05, 0) is 21.5 Å². The maximum atomic E-state index is 11.8. The zero-order valence-electron chi connectivity index (χ0n) is 8.76. The van der Waals surface area contributed by atoms with Crippen LogP contribution < -0.4 is 11.1 Å². The van der Waals surface area contributed by atoms with Crippen LogP contribution in [0.2, 0.25) is 0 Å². The summed E-state index contributed by atoms with van der Waals surface area (Å²) in [5.41, 5.74) is 6.62. The van der Waals surface area contributed by atoms with Crippen LogP contribution in [-0.4, -0.2) is 10.9 Å². The van der Waals surface area contributed by atoms with Crippen LogP contribution in [0.5, 0.6) is 0 Å². The second kappa shape index (κ2) is 5.39. The molecule has 0 aliphatic heterocycles. The first-order chi connectivity index (χ1) is 8.16. The van der Waals surface area contributed by atoms with Crippen LogP contribution in [0.1, 0.15) is 11.6 Å². The van der Waals surface area contributed by atoms with Crippen molar-refractivity contribution in [2.45, 2.75) is 6.04 Å². The van der Waals surface area contributed by atoms with E-state index in [1.165, 1.54) is 11.3 Å². The standard InChI is InChI=1S/C11H10BrN3OS/c12-8-6-14-11(17-8)15-10(16)9(13)7-4-2-1-3-5-7/h1-6,9H,13H2,(H,14,15,16)/t9-/m0/s1. The number of aromatic nitrogens is 1. The predicted molar refractivity (Wildman–Crippen MR) is 71.8 cm³/mol. The quantitative estimate of drug-likeness (QED) is 0.915. The Hall–Kier alpha value is -1.24. The normalized spacial score (nSPS) is 12.1. The van der Waals surface area contributed by atoms with E-state index in [2.05, 4.69) is 26.2 Å². The molecule has 88 valence electrons. The Bertz CT molecular complexity index is 514. The average molecular weight is 312 g/mol. The van der Waals surface area contributed by atoms with E-state index in [1.807, 2.05) is 30.3 Å². The molecule has 1 aromatic carbocycles. The fourth-order valence-electron chi connectivity index (χ4n) is 1.31. The molecular weight excluding hydrogens is 302 g/mol. The van der Waals surface area contributed by atoms with Crippen LogP contribution >= 0.6 is 27.3 Å². The van der Waals surface area contributed by atoms with Crippen LogP contribution in [0.25, 0.3) is 0 Å². The number of benzene rings is 1. The summed E-state index contributed by atoms with van der Waals surface area (Å²) in [6.45, 7) is 0. The van der Waals surface area contributed by atoms with Crippen molar-refractivity contribution < 1.29 is 4.79 Å². The van der Waals surface area contributed by atoms with Crippen molar-refractivity contribution in [1.82, 2.24) is 4.98 Å². The van der Waals surface area contributed by atoms with Crippen LogP contribution in [0, 0.1) is 0 Å². The van der Waals surface area contributed by atoms with Gasteiger partial charge in [-0.15, -0.1) is 0 Å². The summed E-state index contributed by atoms with van der Waals surface area (Å²) in [7, 11) is 0. The van der Waals surface area contributed by atoms with Gasteiger partial charge >= 0.3 is 0 Å². The molecule has 0 spiro atoms. The molecule has 0 saturated carbocycles. The molecule has 0 saturated heterocycles. The van der Waals surface area contributed by atoms with Crippen molar-refractivity contribution in [3.05, 3.63) is 45.9 Å². The van der Waals surface area contributed by atoms with Gasteiger partial charge in [-0.2, -0.15) is 0 Å². The topological polar surface area (TPSA) is 68.0 Å². The molecule has 1 amide bonds. The summed E-state index contributed by atoms with van der Waals surface area (Å²) in [5.74, 6) is -0.266. The Morgan fingerprint density at radius 1 is 1.41 bits per heavy atom. The van der Waals surface area contributed by atoms with E-state index in [-0.39, 0.29) is 5.91 Å². The monoisotopic (exact) mass is 311 g/mol. The van der Waals surface area contributed by atoms with Gasteiger partial charge in [0.2, 0.25) is 5.91 Å². The highest BCUT2D eigenvalue weighted by molar-refractivity contribution is 9.11. The van der Waals surface area contributed by atoms with Gasteiger partial charge in [-0.25, -0.2) is 4.98 Å². The highest BCUT2D eigenvalue weighted by Crippen LogP contribution is 2.24. The molecule has 6 heteroatoms. The van der Waals surface area contributed by atoms with Gasteiger partial charge in [0.15, 0.2) is 5.13 Å². The van der Waals surface area contributed by atoms with E-state index >= 15 is 0 Å². The number of nitrogens with one attached hydrogen (secondary N) is 1. The zero-order valence-corrected chi connectivity index (χ0v) is 11.2. The molecule has 1 heterocycles. The number of carbonyl (C=O) groups is 1. The third-order valence-corrected chi connectivity index (χ3v) is 3.54. The molecule has 4 nitrogen and oxygen atoms in total. The Balaban J connectivity index is 2.06. The van der Waals surface area contributed by atoms with Crippen molar-refractivity contribution in [2.75, 3.05) is 5.32 Å². The predicted octanol–water partition coefficient (Wildman–Crippen LogP) is 2.54. The number of anilines is 1. The number of halogens is 1. The maximum Gasteiger partial charge on any atom is 0.247 e. The lowest BCUT2D eigenvalue weighted by Gasteiger charge is -2.10. The molecule has 1 atom stereocenters. The van der Waals surface area contributed by atoms with E-state index in [0.717, 1.165) is 9.35 Å². The number of nitrogens with two attached hydrogens (primary N) is 1. The third-order valence-electron chi connectivity index (χ3n) is 2.15. The fourth-order valence-corrected chi connectivity index (χ4v) is 2.42. The van der Waals surface area contributed by atoms with Crippen LogP contribution in [0.15, 0.2) is 40.3 Å². The summed E-state index contributed by atoms with van der Waals surface area (Å²) in [6, 6.07) is 8.54. The molecule has 1 aromatic heterocycles. The van der Waals surface area contributed by atoms with E-state index in [9.17, 15) is 4.79 Å². The SMILES string of the molecule is N[C@H](C(=O)Nc1ncc(Br)s1)c1ccccc1. The van der Waals surface area contributed by atoms with Crippen molar-refractivity contribution in [1.29, 1.82) is 0 Å². The van der Waals surface area contributed by atoms with Gasteiger partial charge in [-0.1, -0.05) is 41.7 Å². The first-order valence-corrected chi connectivity index (χ1v) is 6.50. The minimum absolute atomic E-state index is 0.266. The number of rotatable bonds is 3. The minimum atomic E-state index is -0.682. The number of hydrogen-bond donors (Lipinski definition) is 2. The van der Waals surface area contributed by atoms with Gasteiger partial charge in [0, 0.05) is 0 Å². The summed E-state index contributed by atoms with van der Waals surface area (Å²) in [4.78, 5) is 15.9. The second-order valence-electron chi connectivity index (χ2n) is 3.35. The molecule has 0 aliphatic rings. The summed E-state index contributed by atoms with van der Waals surface area (Å²) < 4.78 is 0.862. The molecule has 0 radical (unpaired) electrons. The fraction of sp³-hybridized carbons (Fsp3) is 0.0909. The Kier molecular flexibility index (Phi) is 3.88. The molecule has 2 aromatic rings. The molecule has 0 unspecified atom stereocenters. The lowest BCUT2D eigenvalue weighted by Crippen LogP contribution is -2.27. The van der Waals surface area contributed by atoms with Gasteiger partial charge < -0.3 is 11.1 Å².